The Morgan fingerprint density at radius 2 is 1.85 bits per heavy atom. The lowest BCUT2D eigenvalue weighted by molar-refractivity contribution is 0.134. The lowest BCUT2D eigenvalue weighted by atomic mass is 9.86. The fourth-order valence-corrected chi connectivity index (χ4v) is 1.90. The summed E-state index contributed by atoms with van der Waals surface area (Å²) in [5.41, 5.74) is 0. The van der Waals surface area contributed by atoms with Crippen LogP contribution in [0.25, 0.3) is 0 Å². The van der Waals surface area contributed by atoms with Gasteiger partial charge < -0.3 is 17.8 Å². The first-order valence-electron chi connectivity index (χ1n) is 4.83. The first-order valence-corrected chi connectivity index (χ1v) is 4.83. The van der Waals surface area contributed by atoms with Crippen molar-refractivity contribution in [2.45, 2.75) is 32.7 Å². The highest BCUT2D eigenvalue weighted by Crippen LogP contribution is 2.23. The molecule has 1 heterocycles. The van der Waals surface area contributed by atoms with Gasteiger partial charge in [-0.1, -0.05) is 6.92 Å². The van der Waals surface area contributed by atoms with Crippen molar-refractivity contribution < 1.29 is 12.9 Å². The largest absolute Gasteiger partial charge is 0.492 e. The van der Waals surface area contributed by atoms with E-state index in [2.05, 4.69) is 0 Å². The molecule has 0 bridgehead atoms. The van der Waals surface area contributed by atoms with E-state index in [1.807, 2.05) is 13.8 Å². The Kier molecular flexibility index (Phi) is 3.27. The number of hydrogen-bond acceptors (Lipinski definition) is 1. The zero-order valence-corrected chi connectivity index (χ0v) is 8.14. The van der Waals surface area contributed by atoms with Gasteiger partial charge in [0.2, 0.25) is 0 Å². The molecule has 0 aromatic carbocycles. The van der Waals surface area contributed by atoms with Crippen LogP contribution in [0, 0.1) is 5.92 Å². The summed E-state index contributed by atoms with van der Waals surface area (Å²) in [6.07, 6.45) is 1.27. The molecule has 2 unspecified atom stereocenters. The van der Waals surface area contributed by atoms with E-state index in [0.717, 1.165) is 12.8 Å². The number of nitrogens with zero attached hydrogens (tertiary/aromatic N) is 1. The number of hydrogen-bond donors (Lipinski definition) is 0. The summed E-state index contributed by atoms with van der Waals surface area (Å²) >= 11 is 0. The average molecular weight is 194 g/mol. The Hall–Kier alpha value is -0.185. The second-order valence-electron chi connectivity index (χ2n) is 4.20. The van der Waals surface area contributed by atoms with Crippen molar-refractivity contribution in [1.82, 2.24) is 4.90 Å². The Balaban J connectivity index is 2.47. The van der Waals surface area contributed by atoms with Gasteiger partial charge in [0, 0.05) is 6.04 Å². The molecule has 0 aromatic rings. The van der Waals surface area contributed by atoms with Crippen LogP contribution in [-0.2, 0) is 0 Å². The van der Waals surface area contributed by atoms with E-state index < -0.39 is 13.4 Å². The highest BCUT2D eigenvalue weighted by molar-refractivity contribution is 6.58. The Bertz CT molecular complexity index is 171. The van der Waals surface area contributed by atoms with E-state index in [1.54, 1.807) is 4.90 Å². The molecule has 1 saturated heterocycles. The number of halogens is 3. The zero-order chi connectivity index (χ0) is 10.1. The molecule has 78 valence electrons. The van der Waals surface area contributed by atoms with Crippen molar-refractivity contribution in [1.29, 1.82) is 0 Å². The van der Waals surface area contributed by atoms with Crippen molar-refractivity contribution in [3.8, 4) is 0 Å². The molecule has 5 heteroatoms. The van der Waals surface area contributed by atoms with Gasteiger partial charge in [-0.25, -0.2) is 0 Å². The minimum Gasteiger partial charge on any atom is -0.448 e. The van der Waals surface area contributed by atoms with E-state index in [0.29, 0.717) is 12.5 Å². The minimum absolute atomic E-state index is 0.0969. The van der Waals surface area contributed by atoms with E-state index >= 15 is 0 Å². The fraction of sp³-hybridized carbons (Fsp3) is 1.00. The molecule has 2 atom stereocenters. The summed E-state index contributed by atoms with van der Waals surface area (Å²) in [4.78, 5) is 1.56. The van der Waals surface area contributed by atoms with Crippen LogP contribution in [0.15, 0.2) is 0 Å². The maximum atomic E-state index is 12.2. The van der Waals surface area contributed by atoms with Crippen LogP contribution in [0.3, 0.4) is 0 Å². The van der Waals surface area contributed by atoms with Crippen LogP contribution in [0.2, 0.25) is 0 Å². The molecule has 13 heavy (non-hydrogen) atoms. The first-order chi connectivity index (χ1) is 5.88. The van der Waals surface area contributed by atoms with Gasteiger partial charge in [-0.3, -0.25) is 0 Å². The van der Waals surface area contributed by atoms with Crippen LogP contribution in [0.1, 0.15) is 26.7 Å². The normalized spacial score (nSPS) is 32.1. The quantitative estimate of drug-likeness (QED) is 0.610. The van der Waals surface area contributed by atoms with Crippen LogP contribution >= 0.6 is 0 Å². The summed E-state index contributed by atoms with van der Waals surface area (Å²) < 4.78 is 36.5. The number of likely N-dealkylation sites (tertiary alicyclic amines) is 1. The highest BCUT2D eigenvalue weighted by Gasteiger charge is 2.31. The molecule has 0 saturated carbocycles. The summed E-state index contributed by atoms with van der Waals surface area (Å²) in [5.74, 6) is 0.411. The molecular weight excluding hydrogens is 178 g/mol. The third-order valence-electron chi connectivity index (χ3n) is 2.69. The van der Waals surface area contributed by atoms with Crippen LogP contribution in [0.4, 0.5) is 12.9 Å². The molecule has 0 amide bonds. The van der Waals surface area contributed by atoms with Crippen LogP contribution in [-0.4, -0.2) is 30.9 Å². The summed E-state index contributed by atoms with van der Waals surface area (Å²) in [6, 6.07) is 0.0969. The second-order valence-corrected chi connectivity index (χ2v) is 4.20. The standard InChI is InChI=1S/C8H16BF3N/c1-7-3-4-8(2)13(5-7)6-9(10,11)12/h7-8H,3-6H2,1-2H3/q-1. The average Bonchev–Trinajstić information content (AvgIpc) is 1.94. The molecule has 1 fully saturated rings. The van der Waals surface area contributed by atoms with Crippen molar-refractivity contribution >= 4 is 6.98 Å². The van der Waals surface area contributed by atoms with Crippen molar-refractivity contribution in [2.24, 2.45) is 5.92 Å². The predicted molar refractivity (Wildman–Crippen MR) is 48.5 cm³/mol. The lowest BCUT2D eigenvalue weighted by Crippen LogP contribution is -2.47. The van der Waals surface area contributed by atoms with Gasteiger partial charge in [0.15, 0.2) is 0 Å². The summed E-state index contributed by atoms with van der Waals surface area (Å²) in [6.45, 7) is -0.155. The van der Waals surface area contributed by atoms with Crippen molar-refractivity contribution in [3.05, 3.63) is 0 Å². The molecular formula is C8H16BF3N-. The molecule has 0 spiro atoms. The van der Waals surface area contributed by atoms with Gasteiger partial charge in [-0.05, 0) is 38.7 Å². The molecule has 1 nitrogen and oxygen atoms in total. The van der Waals surface area contributed by atoms with E-state index in [9.17, 15) is 12.9 Å². The third-order valence-corrected chi connectivity index (χ3v) is 2.69. The van der Waals surface area contributed by atoms with Gasteiger partial charge >= 0.3 is 6.98 Å². The molecule has 0 aromatic heterocycles. The minimum atomic E-state index is -4.65. The Morgan fingerprint density at radius 3 is 2.38 bits per heavy atom. The summed E-state index contributed by atoms with van der Waals surface area (Å²) in [5, 5.41) is 0. The van der Waals surface area contributed by atoms with Crippen LogP contribution < -0.4 is 0 Å². The van der Waals surface area contributed by atoms with E-state index in [-0.39, 0.29) is 6.04 Å². The molecule has 0 radical (unpaired) electrons. The molecule has 1 rings (SSSR count). The smallest absolute Gasteiger partial charge is 0.448 e. The lowest BCUT2D eigenvalue weighted by Gasteiger charge is -2.39. The number of piperidine rings is 1. The number of rotatable bonds is 2. The van der Waals surface area contributed by atoms with Gasteiger partial charge in [-0.2, -0.15) is 0 Å². The summed E-state index contributed by atoms with van der Waals surface area (Å²) in [7, 11) is 0. The van der Waals surface area contributed by atoms with E-state index in [1.165, 1.54) is 0 Å². The Labute approximate surface area is 77.4 Å². The molecule has 0 aliphatic carbocycles. The van der Waals surface area contributed by atoms with Gasteiger partial charge in [0.05, 0.1) is 0 Å². The highest BCUT2D eigenvalue weighted by atomic mass is 19.4. The molecule has 1 aliphatic heterocycles. The maximum absolute atomic E-state index is 12.2. The Morgan fingerprint density at radius 1 is 1.23 bits per heavy atom. The molecule has 1 aliphatic rings. The third kappa shape index (κ3) is 3.59. The zero-order valence-electron chi connectivity index (χ0n) is 8.14. The maximum Gasteiger partial charge on any atom is 0.492 e. The van der Waals surface area contributed by atoms with Crippen LogP contribution in [0.5, 0.6) is 0 Å². The molecule has 0 N–H and O–H groups in total. The van der Waals surface area contributed by atoms with E-state index in [4.69, 9.17) is 0 Å². The van der Waals surface area contributed by atoms with Gasteiger partial charge in [-0.15, -0.1) is 0 Å². The van der Waals surface area contributed by atoms with Gasteiger partial charge in [0.1, 0.15) is 0 Å². The fourth-order valence-electron chi connectivity index (χ4n) is 1.90. The topological polar surface area (TPSA) is 3.24 Å². The van der Waals surface area contributed by atoms with Gasteiger partial charge in [0.25, 0.3) is 0 Å². The SMILES string of the molecule is CC1CCC(C)N(C[B-](F)(F)F)C1. The van der Waals surface area contributed by atoms with Crippen molar-refractivity contribution in [3.63, 3.8) is 0 Å². The predicted octanol–water partition coefficient (Wildman–Crippen LogP) is 2.49. The van der Waals surface area contributed by atoms with Crippen molar-refractivity contribution in [2.75, 3.05) is 13.0 Å². The second kappa shape index (κ2) is 3.90. The first kappa shape index (κ1) is 10.9. The monoisotopic (exact) mass is 194 g/mol.